The summed E-state index contributed by atoms with van der Waals surface area (Å²) in [5.74, 6) is 1.61. The van der Waals surface area contributed by atoms with Gasteiger partial charge in [0, 0.05) is 12.1 Å². The summed E-state index contributed by atoms with van der Waals surface area (Å²) in [6.45, 7) is 0. The molecule has 0 unspecified atom stereocenters. The third kappa shape index (κ3) is 1.30. The molecule has 0 aliphatic heterocycles. The molecule has 0 radical (unpaired) electrons. The van der Waals surface area contributed by atoms with Crippen molar-refractivity contribution < 1.29 is 0 Å². The normalized spacial score (nSPS) is 16.7. The molecule has 2 aromatic rings. The maximum absolute atomic E-state index is 9.07. The zero-order chi connectivity index (χ0) is 11.0. The molecule has 16 heavy (non-hydrogen) atoms. The molecule has 1 aliphatic carbocycles. The molecule has 0 aromatic carbocycles. The highest BCUT2D eigenvalue weighted by molar-refractivity contribution is 5.58. The first-order valence-electron chi connectivity index (χ1n) is 5.77. The van der Waals surface area contributed by atoms with E-state index < -0.39 is 0 Å². The quantitative estimate of drug-likeness (QED) is 0.727. The Hall–Kier alpha value is -1.82. The van der Waals surface area contributed by atoms with Gasteiger partial charge in [-0.1, -0.05) is 18.9 Å². The minimum atomic E-state index is 0.539. The Labute approximate surface area is 94.3 Å². The van der Waals surface area contributed by atoms with Gasteiger partial charge in [0.25, 0.3) is 0 Å². The zero-order valence-electron chi connectivity index (χ0n) is 9.06. The van der Waals surface area contributed by atoms with Crippen molar-refractivity contribution in [3.8, 4) is 6.07 Å². The lowest BCUT2D eigenvalue weighted by Gasteiger charge is -2.06. The van der Waals surface area contributed by atoms with Crippen molar-refractivity contribution >= 4 is 5.52 Å². The third-order valence-electron chi connectivity index (χ3n) is 3.40. The van der Waals surface area contributed by atoms with E-state index in [0.29, 0.717) is 11.6 Å². The van der Waals surface area contributed by atoms with Crippen molar-refractivity contribution in [2.45, 2.75) is 31.6 Å². The zero-order valence-corrected chi connectivity index (χ0v) is 9.06. The van der Waals surface area contributed by atoms with Crippen LogP contribution in [0.25, 0.3) is 5.52 Å². The predicted molar refractivity (Wildman–Crippen MR) is 61.1 cm³/mol. The van der Waals surface area contributed by atoms with Crippen LogP contribution in [0.2, 0.25) is 0 Å². The van der Waals surface area contributed by atoms with Crippen LogP contribution in [0, 0.1) is 11.3 Å². The van der Waals surface area contributed by atoms with Crippen molar-refractivity contribution in [1.29, 1.82) is 5.26 Å². The molecule has 2 aromatic heterocycles. The van der Waals surface area contributed by atoms with E-state index in [0.717, 1.165) is 11.3 Å². The van der Waals surface area contributed by atoms with Crippen LogP contribution in [0.5, 0.6) is 0 Å². The molecule has 0 atom stereocenters. The van der Waals surface area contributed by atoms with E-state index in [4.69, 9.17) is 5.26 Å². The van der Waals surface area contributed by atoms with Gasteiger partial charge in [-0.25, -0.2) is 4.98 Å². The standard InChI is InChI=1S/C13H13N3/c14-9-11-12-7-3-4-8-16(12)13(15-11)10-5-1-2-6-10/h3-4,7-8,10H,1-2,5-6H2. The molecule has 1 aliphatic rings. The number of hydrogen-bond donors (Lipinski definition) is 0. The smallest absolute Gasteiger partial charge is 0.166 e. The van der Waals surface area contributed by atoms with E-state index in [1.54, 1.807) is 0 Å². The number of imidazole rings is 1. The lowest BCUT2D eigenvalue weighted by Crippen LogP contribution is -1.99. The van der Waals surface area contributed by atoms with Crippen LogP contribution in [-0.4, -0.2) is 9.38 Å². The van der Waals surface area contributed by atoms with Crippen molar-refractivity contribution in [2.24, 2.45) is 0 Å². The Kier molecular flexibility index (Phi) is 2.14. The highest BCUT2D eigenvalue weighted by Gasteiger charge is 2.22. The lowest BCUT2D eigenvalue weighted by molar-refractivity contribution is 0.664. The molecule has 0 bridgehead atoms. The number of nitriles is 1. The van der Waals surface area contributed by atoms with Crippen LogP contribution < -0.4 is 0 Å². The maximum Gasteiger partial charge on any atom is 0.166 e. The molecular weight excluding hydrogens is 198 g/mol. The highest BCUT2D eigenvalue weighted by atomic mass is 15.0. The lowest BCUT2D eigenvalue weighted by atomic mass is 10.1. The maximum atomic E-state index is 9.07. The van der Waals surface area contributed by atoms with Gasteiger partial charge < -0.3 is 4.40 Å². The van der Waals surface area contributed by atoms with E-state index in [1.807, 2.05) is 24.4 Å². The molecule has 2 heterocycles. The van der Waals surface area contributed by atoms with Crippen molar-refractivity contribution in [2.75, 3.05) is 0 Å². The molecule has 3 nitrogen and oxygen atoms in total. The van der Waals surface area contributed by atoms with E-state index in [-0.39, 0.29) is 0 Å². The van der Waals surface area contributed by atoms with Gasteiger partial charge in [0.05, 0.1) is 5.52 Å². The van der Waals surface area contributed by atoms with Gasteiger partial charge in [-0.3, -0.25) is 0 Å². The van der Waals surface area contributed by atoms with E-state index in [9.17, 15) is 0 Å². The summed E-state index contributed by atoms with van der Waals surface area (Å²) in [5.41, 5.74) is 1.49. The number of pyridine rings is 1. The summed E-state index contributed by atoms with van der Waals surface area (Å²) in [6.07, 6.45) is 7.00. The fourth-order valence-corrected chi connectivity index (χ4v) is 2.62. The molecule has 1 saturated carbocycles. The molecule has 0 saturated heterocycles. The largest absolute Gasteiger partial charge is 0.302 e. The molecule has 80 valence electrons. The van der Waals surface area contributed by atoms with Gasteiger partial charge in [0.15, 0.2) is 5.69 Å². The Bertz CT molecular complexity index is 556. The van der Waals surface area contributed by atoms with Crippen molar-refractivity contribution in [1.82, 2.24) is 9.38 Å². The summed E-state index contributed by atoms with van der Waals surface area (Å²) >= 11 is 0. The minimum Gasteiger partial charge on any atom is -0.302 e. The molecule has 0 N–H and O–H groups in total. The second kappa shape index (κ2) is 3.64. The average molecular weight is 211 g/mol. The minimum absolute atomic E-state index is 0.539. The van der Waals surface area contributed by atoms with Crippen LogP contribution >= 0.6 is 0 Å². The Morgan fingerprint density at radius 2 is 2.12 bits per heavy atom. The first kappa shape index (κ1) is 9.41. The monoisotopic (exact) mass is 211 g/mol. The molecular formula is C13H13N3. The summed E-state index contributed by atoms with van der Waals surface area (Å²) in [6, 6.07) is 8.09. The topological polar surface area (TPSA) is 41.1 Å². The number of fused-ring (bicyclic) bond motifs is 1. The Morgan fingerprint density at radius 1 is 1.31 bits per heavy atom. The Balaban J connectivity index is 2.21. The van der Waals surface area contributed by atoms with E-state index in [2.05, 4.69) is 15.5 Å². The first-order valence-corrected chi connectivity index (χ1v) is 5.77. The third-order valence-corrected chi connectivity index (χ3v) is 3.40. The SMILES string of the molecule is N#Cc1nc(C2CCCC2)n2ccccc12. The number of hydrogen-bond acceptors (Lipinski definition) is 2. The van der Waals surface area contributed by atoms with E-state index >= 15 is 0 Å². The number of rotatable bonds is 1. The number of aromatic nitrogens is 2. The van der Waals surface area contributed by atoms with Gasteiger partial charge in [-0.15, -0.1) is 0 Å². The fourth-order valence-electron chi connectivity index (χ4n) is 2.62. The van der Waals surface area contributed by atoms with Crippen molar-refractivity contribution in [3.63, 3.8) is 0 Å². The summed E-state index contributed by atoms with van der Waals surface area (Å²) in [7, 11) is 0. The van der Waals surface area contributed by atoms with Crippen LogP contribution in [0.15, 0.2) is 24.4 Å². The van der Waals surface area contributed by atoms with Crippen LogP contribution in [0.3, 0.4) is 0 Å². The summed E-state index contributed by atoms with van der Waals surface area (Å²) < 4.78 is 2.08. The molecule has 3 rings (SSSR count). The van der Waals surface area contributed by atoms with Gasteiger partial charge in [0.2, 0.25) is 0 Å². The predicted octanol–water partition coefficient (Wildman–Crippen LogP) is 2.86. The van der Waals surface area contributed by atoms with Crippen molar-refractivity contribution in [3.05, 3.63) is 35.9 Å². The Morgan fingerprint density at radius 3 is 2.88 bits per heavy atom. The van der Waals surface area contributed by atoms with E-state index in [1.165, 1.54) is 25.7 Å². The fraction of sp³-hybridized carbons (Fsp3) is 0.385. The average Bonchev–Trinajstić information content (AvgIpc) is 2.95. The second-order valence-electron chi connectivity index (χ2n) is 4.37. The summed E-state index contributed by atoms with van der Waals surface area (Å²) in [4.78, 5) is 4.49. The molecule has 0 spiro atoms. The molecule has 1 fully saturated rings. The van der Waals surface area contributed by atoms with Gasteiger partial charge in [-0.05, 0) is 25.0 Å². The number of nitrogens with zero attached hydrogens (tertiary/aromatic N) is 3. The van der Waals surface area contributed by atoms with Crippen LogP contribution in [0.4, 0.5) is 0 Å². The highest BCUT2D eigenvalue weighted by Crippen LogP contribution is 2.34. The van der Waals surface area contributed by atoms with Crippen LogP contribution in [0.1, 0.15) is 43.1 Å². The first-order chi connectivity index (χ1) is 7.90. The van der Waals surface area contributed by atoms with Gasteiger partial charge in [-0.2, -0.15) is 5.26 Å². The van der Waals surface area contributed by atoms with Gasteiger partial charge >= 0.3 is 0 Å². The summed E-state index contributed by atoms with van der Waals surface area (Å²) in [5, 5.41) is 9.07. The van der Waals surface area contributed by atoms with Crippen LogP contribution in [-0.2, 0) is 0 Å². The molecule has 3 heteroatoms. The molecule has 0 amide bonds. The van der Waals surface area contributed by atoms with Gasteiger partial charge in [0.1, 0.15) is 11.9 Å². The second-order valence-corrected chi connectivity index (χ2v) is 4.37.